The van der Waals surface area contributed by atoms with Crippen LogP contribution in [0.15, 0.2) is 48.5 Å². The van der Waals surface area contributed by atoms with Crippen LogP contribution in [0.5, 0.6) is 0 Å². The van der Waals surface area contributed by atoms with Crippen molar-refractivity contribution in [2.75, 3.05) is 6.67 Å². The molecule has 0 unspecified atom stereocenters. The Morgan fingerprint density at radius 3 is 1.61 bits per heavy atom. The largest absolute Gasteiger partial charge is 0.251 e. The second-order valence-corrected chi connectivity index (χ2v) is 5.91. The molecule has 0 aliphatic carbocycles. The van der Waals surface area contributed by atoms with Gasteiger partial charge < -0.3 is 0 Å². The number of hydrogen-bond acceptors (Lipinski definition) is 1. The number of unbranched alkanes of at least 4 members (excludes halogenated alkanes) is 3. The minimum Gasteiger partial charge on any atom is -0.251 e. The highest BCUT2D eigenvalue weighted by Crippen LogP contribution is 2.21. The first-order chi connectivity index (χ1) is 11.3. The third-order valence-corrected chi connectivity index (χ3v) is 4.09. The van der Waals surface area contributed by atoms with Gasteiger partial charge in [-0.05, 0) is 60.8 Å². The van der Waals surface area contributed by atoms with Crippen molar-refractivity contribution in [2.45, 2.75) is 44.9 Å². The highest BCUT2D eigenvalue weighted by atomic mass is 19.1. The molecular weight excluding hydrogens is 285 g/mol. The van der Waals surface area contributed by atoms with Crippen LogP contribution < -0.4 is 0 Å². The van der Waals surface area contributed by atoms with Crippen molar-refractivity contribution in [3.8, 4) is 17.2 Å². The minimum atomic E-state index is -0.221. The first-order valence-electron chi connectivity index (χ1n) is 8.44. The highest BCUT2D eigenvalue weighted by Gasteiger charge is 2.00. The highest BCUT2D eigenvalue weighted by molar-refractivity contribution is 5.63. The van der Waals surface area contributed by atoms with Gasteiger partial charge in [0.25, 0.3) is 0 Å². The van der Waals surface area contributed by atoms with Crippen molar-refractivity contribution in [3.05, 3.63) is 59.7 Å². The fraction of sp³-hybridized carbons (Fsp3) is 0.381. The van der Waals surface area contributed by atoms with Crippen LogP contribution in [0.25, 0.3) is 11.1 Å². The fourth-order valence-electron chi connectivity index (χ4n) is 2.68. The summed E-state index contributed by atoms with van der Waals surface area (Å²) in [5.74, 6) is 0. The van der Waals surface area contributed by atoms with E-state index in [1.807, 2.05) is 0 Å². The predicted molar refractivity (Wildman–Crippen MR) is 94.0 cm³/mol. The van der Waals surface area contributed by atoms with Crippen molar-refractivity contribution in [2.24, 2.45) is 0 Å². The van der Waals surface area contributed by atoms with Crippen LogP contribution in [0.1, 0.15) is 43.2 Å². The molecular formula is C21H24FN. The number of rotatable bonds is 9. The van der Waals surface area contributed by atoms with Crippen molar-refractivity contribution in [3.63, 3.8) is 0 Å². The molecule has 0 saturated carbocycles. The van der Waals surface area contributed by atoms with Crippen molar-refractivity contribution in [1.82, 2.24) is 0 Å². The van der Waals surface area contributed by atoms with E-state index in [0.717, 1.165) is 32.1 Å². The summed E-state index contributed by atoms with van der Waals surface area (Å²) in [6.45, 7) is -0.221. The Balaban J connectivity index is 1.90. The zero-order valence-corrected chi connectivity index (χ0v) is 13.6. The second-order valence-electron chi connectivity index (χ2n) is 5.91. The van der Waals surface area contributed by atoms with E-state index in [2.05, 4.69) is 54.6 Å². The van der Waals surface area contributed by atoms with Gasteiger partial charge >= 0.3 is 0 Å². The predicted octanol–water partition coefficient (Wildman–Crippen LogP) is 5.88. The van der Waals surface area contributed by atoms with Gasteiger partial charge in [-0.1, -0.05) is 48.5 Å². The number of benzene rings is 2. The van der Waals surface area contributed by atoms with Gasteiger partial charge in [-0.2, -0.15) is 5.26 Å². The molecule has 0 saturated heterocycles. The molecule has 0 amide bonds. The Labute approximate surface area is 138 Å². The molecule has 2 aromatic carbocycles. The molecule has 0 spiro atoms. The van der Waals surface area contributed by atoms with Crippen LogP contribution in [0, 0.1) is 11.3 Å². The summed E-state index contributed by atoms with van der Waals surface area (Å²) in [4.78, 5) is 0. The summed E-state index contributed by atoms with van der Waals surface area (Å²) < 4.78 is 12.1. The van der Waals surface area contributed by atoms with E-state index in [9.17, 15) is 4.39 Å². The normalized spacial score (nSPS) is 10.4. The van der Waals surface area contributed by atoms with E-state index in [-0.39, 0.29) is 6.67 Å². The summed E-state index contributed by atoms with van der Waals surface area (Å²) in [6.07, 6.45) is 6.24. The Kier molecular flexibility index (Phi) is 7.33. The van der Waals surface area contributed by atoms with E-state index in [1.54, 1.807) is 0 Å². The third kappa shape index (κ3) is 5.87. The van der Waals surface area contributed by atoms with Crippen LogP contribution >= 0.6 is 0 Å². The Hall–Kier alpha value is -2.14. The average Bonchev–Trinajstić information content (AvgIpc) is 2.60. The van der Waals surface area contributed by atoms with Crippen LogP contribution in [0.4, 0.5) is 4.39 Å². The van der Waals surface area contributed by atoms with Crippen molar-refractivity contribution >= 4 is 0 Å². The molecule has 1 nitrogen and oxygen atoms in total. The fourth-order valence-corrected chi connectivity index (χ4v) is 2.68. The molecule has 2 heteroatoms. The Bertz CT molecular complexity index is 608. The van der Waals surface area contributed by atoms with Crippen molar-refractivity contribution < 1.29 is 4.39 Å². The smallest absolute Gasteiger partial charge is 0.0894 e. The average molecular weight is 309 g/mol. The molecule has 0 aliphatic rings. The number of nitriles is 1. The van der Waals surface area contributed by atoms with Crippen LogP contribution in [0.3, 0.4) is 0 Å². The lowest BCUT2D eigenvalue weighted by Crippen LogP contribution is -1.88. The zero-order valence-electron chi connectivity index (χ0n) is 13.6. The van der Waals surface area contributed by atoms with Crippen molar-refractivity contribution in [1.29, 1.82) is 5.26 Å². The molecule has 0 N–H and O–H groups in total. The minimum absolute atomic E-state index is 0.221. The maximum Gasteiger partial charge on any atom is 0.0894 e. The van der Waals surface area contributed by atoms with E-state index in [1.165, 1.54) is 22.3 Å². The van der Waals surface area contributed by atoms with Gasteiger partial charge in [-0.15, -0.1) is 0 Å². The van der Waals surface area contributed by atoms with Gasteiger partial charge in [0.15, 0.2) is 0 Å². The zero-order chi connectivity index (χ0) is 16.3. The van der Waals surface area contributed by atoms with Crippen LogP contribution in [0.2, 0.25) is 0 Å². The molecule has 0 fully saturated rings. The maximum atomic E-state index is 12.1. The maximum absolute atomic E-state index is 12.1. The lowest BCUT2D eigenvalue weighted by atomic mass is 9.99. The SMILES string of the molecule is N#CCCCCc1ccc(-c2ccc(CCCCF)cc2)cc1. The molecule has 0 atom stereocenters. The summed E-state index contributed by atoms with van der Waals surface area (Å²) in [5, 5.41) is 8.54. The Morgan fingerprint density at radius 1 is 0.696 bits per heavy atom. The standard InChI is InChI=1S/C21H24FN/c22-16-4-3-7-19-10-14-21(15-11-19)20-12-8-18(9-13-20)6-2-1-5-17-23/h8-15H,1-7,16H2. The molecule has 0 aromatic heterocycles. The lowest BCUT2D eigenvalue weighted by molar-refractivity contribution is 0.462. The monoisotopic (exact) mass is 309 g/mol. The van der Waals surface area contributed by atoms with Crippen LogP contribution in [-0.4, -0.2) is 6.67 Å². The Morgan fingerprint density at radius 2 is 1.17 bits per heavy atom. The molecule has 23 heavy (non-hydrogen) atoms. The van der Waals surface area contributed by atoms with E-state index >= 15 is 0 Å². The topological polar surface area (TPSA) is 23.8 Å². The molecule has 0 radical (unpaired) electrons. The summed E-state index contributed by atoms with van der Waals surface area (Å²) >= 11 is 0. The quantitative estimate of drug-likeness (QED) is 0.530. The van der Waals surface area contributed by atoms with Gasteiger partial charge in [0.2, 0.25) is 0 Å². The van der Waals surface area contributed by atoms with Gasteiger partial charge in [0, 0.05) is 6.42 Å². The number of nitrogens with zero attached hydrogens (tertiary/aromatic N) is 1. The first-order valence-corrected chi connectivity index (χ1v) is 8.44. The lowest BCUT2D eigenvalue weighted by Gasteiger charge is -2.06. The van der Waals surface area contributed by atoms with E-state index in [0.29, 0.717) is 12.8 Å². The number of aryl methyl sites for hydroxylation is 2. The van der Waals surface area contributed by atoms with E-state index < -0.39 is 0 Å². The number of halogens is 1. The molecule has 120 valence electrons. The molecule has 0 bridgehead atoms. The molecule has 2 rings (SSSR count). The number of alkyl halides is 1. The molecule has 0 heterocycles. The summed E-state index contributed by atoms with van der Waals surface area (Å²) in [7, 11) is 0. The van der Waals surface area contributed by atoms with Crippen LogP contribution in [-0.2, 0) is 12.8 Å². The van der Waals surface area contributed by atoms with Gasteiger partial charge in [-0.3, -0.25) is 4.39 Å². The summed E-state index contributed by atoms with van der Waals surface area (Å²) in [5.41, 5.74) is 5.04. The molecule has 2 aromatic rings. The van der Waals surface area contributed by atoms with Gasteiger partial charge in [0.1, 0.15) is 0 Å². The summed E-state index contributed by atoms with van der Waals surface area (Å²) in [6, 6.07) is 19.4. The number of hydrogen-bond donors (Lipinski definition) is 0. The third-order valence-electron chi connectivity index (χ3n) is 4.09. The van der Waals surface area contributed by atoms with Gasteiger partial charge in [-0.25, -0.2) is 0 Å². The van der Waals surface area contributed by atoms with Gasteiger partial charge in [0.05, 0.1) is 12.7 Å². The van der Waals surface area contributed by atoms with E-state index in [4.69, 9.17) is 5.26 Å². The first kappa shape index (κ1) is 17.2. The molecule has 0 aliphatic heterocycles. The second kappa shape index (κ2) is 9.79.